The third kappa shape index (κ3) is 2.74. The molecule has 2 heterocycles. The molecule has 0 radical (unpaired) electrons. The normalized spacial score (nSPS) is 29.6. The molecule has 3 heteroatoms. The molecule has 1 unspecified atom stereocenters. The van der Waals surface area contributed by atoms with Crippen LogP contribution >= 0.6 is 0 Å². The van der Waals surface area contributed by atoms with Crippen molar-refractivity contribution in [2.45, 2.75) is 25.0 Å². The second-order valence-electron chi connectivity index (χ2n) is 5.38. The summed E-state index contributed by atoms with van der Waals surface area (Å²) in [5, 5.41) is 0. The summed E-state index contributed by atoms with van der Waals surface area (Å²) in [5.74, 6) is 0. The van der Waals surface area contributed by atoms with Gasteiger partial charge in [-0.1, -0.05) is 30.3 Å². The van der Waals surface area contributed by atoms with Crippen LogP contribution < -0.4 is 0 Å². The highest BCUT2D eigenvalue weighted by Crippen LogP contribution is 2.28. The Kier molecular flexibility index (Phi) is 3.64. The van der Waals surface area contributed by atoms with E-state index >= 15 is 0 Å². The summed E-state index contributed by atoms with van der Waals surface area (Å²) in [4.78, 5) is 2.49. The largest absolute Gasteiger partial charge is 0.376 e. The fraction of sp³-hybridized carbons (Fsp3) is 0.600. The van der Waals surface area contributed by atoms with Crippen molar-refractivity contribution in [3.8, 4) is 0 Å². The molecule has 1 aromatic rings. The third-order valence-electron chi connectivity index (χ3n) is 3.87. The van der Waals surface area contributed by atoms with Crippen LogP contribution in [0.1, 0.15) is 18.4 Å². The predicted molar refractivity (Wildman–Crippen MR) is 70.5 cm³/mol. The molecular weight excluding hydrogens is 226 g/mol. The van der Waals surface area contributed by atoms with E-state index in [0.29, 0.717) is 0 Å². The molecule has 0 bridgehead atoms. The maximum atomic E-state index is 6.01. The highest BCUT2D eigenvalue weighted by atomic mass is 16.6. The molecule has 2 aliphatic heterocycles. The van der Waals surface area contributed by atoms with Gasteiger partial charge in [-0.3, -0.25) is 4.90 Å². The number of piperidine rings is 1. The Balaban J connectivity index is 1.63. The van der Waals surface area contributed by atoms with E-state index in [-0.39, 0.29) is 5.60 Å². The van der Waals surface area contributed by atoms with E-state index in [1.165, 1.54) is 18.5 Å². The maximum Gasteiger partial charge on any atom is 0.104 e. The summed E-state index contributed by atoms with van der Waals surface area (Å²) in [6.07, 6.45) is 2.34. The van der Waals surface area contributed by atoms with Gasteiger partial charge in [0.1, 0.15) is 5.60 Å². The molecule has 0 saturated carbocycles. The summed E-state index contributed by atoms with van der Waals surface area (Å²) < 4.78 is 11.6. The average Bonchev–Trinajstić information content (AvgIpc) is 2.41. The minimum Gasteiger partial charge on any atom is -0.376 e. The number of rotatable bonds is 2. The number of benzene rings is 1. The molecule has 1 atom stereocenters. The van der Waals surface area contributed by atoms with Crippen LogP contribution in [0.25, 0.3) is 0 Å². The van der Waals surface area contributed by atoms with E-state index < -0.39 is 0 Å². The standard InChI is InChI=1S/C15H21NO2/c1-2-5-14(6-3-1)11-16-8-4-7-15(12-16)13-17-9-10-18-15/h1-3,5-6H,4,7-13H2. The lowest BCUT2D eigenvalue weighted by atomic mass is 9.92. The summed E-state index contributed by atoms with van der Waals surface area (Å²) in [7, 11) is 0. The Morgan fingerprint density at radius 2 is 2.06 bits per heavy atom. The van der Waals surface area contributed by atoms with Crippen molar-refractivity contribution in [2.24, 2.45) is 0 Å². The molecule has 2 saturated heterocycles. The Hall–Kier alpha value is -0.900. The van der Waals surface area contributed by atoms with Crippen molar-refractivity contribution in [1.29, 1.82) is 0 Å². The lowest BCUT2D eigenvalue weighted by molar-refractivity contribution is -0.180. The van der Waals surface area contributed by atoms with E-state index in [9.17, 15) is 0 Å². The van der Waals surface area contributed by atoms with Crippen molar-refractivity contribution in [2.75, 3.05) is 32.9 Å². The van der Waals surface area contributed by atoms with Crippen LogP contribution in [0.3, 0.4) is 0 Å². The molecular formula is C15H21NO2. The second kappa shape index (κ2) is 5.39. The van der Waals surface area contributed by atoms with E-state index in [4.69, 9.17) is 9.47 Å². The Bertz CT molecular complexity index is 368. The van der Waals surface area contributed by atoms with Crippen LogP contribution in [0.2, 0.25) is 0 Å². The quantitative estimate of drug-likeness (QED) is 0.798. The van der Waals surface area contributed by atoms with Crippen LogP contribution in [0.5, 0.6) is 0 Å². The van der Waals surface area contributed by atoms with Crippen molar-refractivity contribution in [3.63, 3.8) is 0 Å². The first-order valence-electron chi connectivity index (χ1n) is 6.84. The van der Waals surface area contributed by atoms with Gasteiger partial charge in [-0.2, -0.15) is 0 Å². The lowest BCUT2D eigenvalue weighted by Crippen LogP contribution is -2.54. The second-order valence-corrected chi connectivity index (χ2v) is 5.38. The smallest absolute Gasteiger partial charge is 0.104 e. The van der Waals surface area contributed by atoms with Gasteiger partial charge in [0.05, 0.1) is 19.8 Å². The van der Waals surface area contributed by atoms with Gasteiger partial charge < -0.3 is 9.47 Å². The maximum absolute atomic E-state index is 6.01. The van der Waals surface area contributed by atoms with Gasteiger partial charge in [0, 0.05) is 13.1 Å². The summed E-state index contributed by atoms with van der Waals surface area (Å²) >= 11 is 0. The summed E-state index contributed by atoms with van der Waals surface area (Å²) in [5.41, 5.74) is 1.34. The van der Waals surface area contributed by atoms with Gasteiger partial charge in [0.25, 0.3) is 0 Å². The average molecular weight is 247 g/mol. The predicted octanol–water partition coefficient (Wildman–Crippen LogP) is 2.07. The molecule has 1 spiro atoms. The van der Waals surface area contributed by atoms with Gasteiger partial charge in [-0.05, 0) is 24.9 Å². The lowest BCUT2D eigenvalue weighted by Gasteiger charge is -2.44. The monoisotopic (exact) mass is 247 g/mol. The van der Waals surface area contributed by atoms with Crippen LogP contribution in [-0.2, 0) is 16.0 Å². The first kappa shape index (κ1) is 12.2. The zero-order valence-electron chi connectivity index (χ0n) is 10.8. The Morgan fingerprint density at radius 3 is 2.83 bits per heavy atom. The van der Waals surface area contributed by atoms with E-state index in [1.54, 1.807) is 0 Å². The highest BCUT2D eigenvalue weighted by Gasteiger charge is 2.38. The summed E-state index contributed by atoms with van der Waals surface area (Å²) in [6.45, 7) is 5.45. The number of nitrogens with zero attached hydrogens (tertiary/aromatic N) is 1. The number of hydrogen-bond donors (Lipinski definition) is 0. The molecule has 1 aromatic carbocycles. The first-order valence-corrected chi connectivity index (χ1v) is 6.84. The fourth-order valence-corrected chi connectivity index (χ4v) is 3.02. The van der Waals surface area contributed by atoms with Gasteiger partial charge in [-0.15, -0.1) is 0 Å². The van der Waals surface area contributed by atoms with Crippen molar-refractivity contribution < 1.29 is 9.47 Å². The molecule has 2 aliphatic rings. The molecule has 0 N–H and O–H groups in total. The Morgan fingerprint density at radius 1 is 1.17 bits per heavy atom. The van der Waals surface area contributed by atoms with Gasteiger partial charge in [-0.25, -0.2) is 0 Å². The van der Waals surface area contributed by atoms with Gasteiger partial charge in [0.2, 0.25) is 0 Å². The molecule has 3 nitrogen and oxygen atoms in total. The summed E-state index contributed by atoms with van der Waals surface area (Å²) in [6, 6.07) is 10.7. The minimum atomic E-state index is -0.0364. The SMILES string of the molecule is c1ccc(CN2CCCC3(COCCO3)C2)cc1. The molecule has 98 valence electrons. The highest BCUT2D eigenvalue weighted by molar-refractivity contribution is 5.14. The molecule has 0 aliphatic carbocycles. The zero-order chi connectivity index (χ0) is 12.3. The van der Waals surface area contributed by atoms with Crippen molar-refractivity contribution in [1.82, 2.24) is 4.90 Å². The molecule has 2 fully saturated rings. The van der Waals surface area contributed by atoms with Gasteiger partial charge >= 0.3 is 0 Å². The van der Waals surface area contributed by atoms with Crippen molar-refractivity contribution in [3.05, 3.63) is 35.9 Å². The first-order chi connectivity index (χ1) is 8.86. The molecule has 18 heavy (non-hydrogen) atoms. The molecule has 0 amide bonds. The number of ether oxygens (including phenoxy) is 2. The third-order valence-corrected chi connectivity index (χ3v) is 3.87. The molecule has 3 rings (SSSR count). The van der Waals surface area contributed by atoms with Crippen LogP contribution in [0, 0.1) is 0 Å². The van der Waals surface area contributed by atoms with Gasteiger partial charge in [0.15, 0.2) is 0 Å². The number of likely N-dealkylation sites (tertiary alicyclic amines) is 1. The topological polar surface area (TPSA) is 21.7 Å². The van der Waals surface area contributed by atoms with Crippen LogP contribution in [0.4, 0.5) is 0 Å². The van der Waals surface area contributed by atoms with Crippen molar-refractivity contribution >= 4 is 0 Å². The van der Waals surface area contributed by atoms with E-state index in [0.717, 1.165) is 39.3 Å². The van der Waals surface area contributed by atoms with E-state index in [1.807, 2.05) is 0 Å². The number of hydrogen-bond acceptors (Lipinski definition) is 3. The molecule has 0 aromatic heterocycles. The Labute approximate surface area is 109 Å². The zero-order valence-corrected chi connectivity index (χ0v) is 10.8. The van der Waals surface area contributed by atoms with E-state index in [2.05, 4.69) is 35.2 Å². The van der Waals surface area contributed by atoms with Crippen LogP contribution in [-0.4, -0.2) is 43.4 Å². The fourth-order valence-electron chi connectivity index (χ4n) is 3.02. The minimum absolute atomic E-state index is 0.0364. The van der Waals surface area contributed by atoms with Crippen LogP contribution in [0.15, 0.2) is 30.3 Å².